The smallest absolute Gasteiger partial charge is 0.261 e. The van der Waals surface area contributed by atoms with E-state index in [1.165, 1.54) is 4.90 Å². The summed E-state index contributed by atoms with van der Waals surface area (Å²) in [5, 5.41) is 8.67. The maximum Gasteiger partial charge on any atom is 0.261 e. The fourth-order valence-electron chi connectivity index (χ4n) is 4.13. The number of piperidine rings is 1. The van der Waals surface area contributed by atoms with Crippen LogP contribution in [0.1, 0.15) is 67.3 Å². The molecule has 2 fully saturated rings. The second-order valence-electron chi connectivity index (χ2n) is 8.42. The number of rotatable bonds is 4. The zero-order valence-corrected chi connectivity index (χ0v) is 17.2. The SMILES string of the molecule is Cc1cc(C(=O)N(C(=O)C2CCCNC2)C2CC2)c2c(C)nn(C(C)C)c2n1. The van der Waals surface area contributed by atoms with Gasteiger partial charge in [0.1, 0.15) is 0 Å². The highest BCUT2D eigenvalue weighted by molar-refractivity contribution is 6.12. The first kappa shape index (κ1) is 19.1. The molecule has 0 bridgehead atoms. The minimum Gasteiger partial charge on any atom is -0.316 e. The number of nitrogens with zero attached hydrogens (tertiary/aromatic N) is 4. The van der Waals surface area contributed by atoms with Crippen molar-refractivity contribution in [1.29, 1.82) is 0 Å². The molecule has 3 heterocycles. The highest BCUT2D eigenvalue weighted by Gasteiger charge is 2.41. The summed E-state index contributed by atoms with van der Waals surface area (Å²) < 4.78 is 1.86. The number of amides is 2. The van der Waals surface area contributed by atoms with Crippen LogP contribution >= 0.6 is 0 Å². The lowest BCUT2D eigenvalue weighted by molar-refractivity contribution is -0.133. The van der Waals surface area contributed by atoms with Crippen molar-refractivity contribution < 1.29 is 9.59 Å². The summed E-state index contributed by atoms with van der Waals surface area (Å²) in [4.78, 5) is 33.1. The molecule has 1 saturated heterocycles. The number of hydrogen-bond acceptors (Lipinski definition) is 5. The van der Waals surface area contributed by atoms with Gasteiger partial charge >= 0.3 is 0 Å². The van der Waals surface area contributed by atoms with Gasteiger partial charge in [-0.3, -0.25) is 14.5 Å². The van der Waals surface area contributed by atoms with Gasteiger partial charge in [-0.05, 0) is 66.0 Å². The first-order chi connectivity index (χ1) is 13.4. The van der Waals surface area contributed by atoms with Gasteiger partial charge < -0.3 is 5.32 Å². The molecule has 2 aromatic rings. The summed E-state index contributed by atoms with van der Waals surface area (Å²) in [5.41, 5.74) is 2.82. The van der Waals surface area contributed by atoms with Gasteiger partial charge in [-0.25, -0.2) is 9.67 Å². The van der Waals surface area contributed by atoms with Gasteiger partial charge in [0.25, 0.3) is 5.91 Å². The molecular formula is C21H29N5O2. The molecule has 2 aromatic heterocycles. The molecule has 2 amide bonds. The largest absolute Gasteiger partial charge is 0.316 e. The molecule has 1 saturated carbocycles. The van der Waals surface area contributed by atoms with Crippen LogP contribution in [0.2, 0.25) is 0 Å². The van der Waals surface area contributed by atoms with E-state index in [9.17, 15) is 9.59 Å². The molecule has 1 aliphatic carbocycles. The molecule has 0 spiro atoms. The molecule has 7 heteroatoms. The first-order valence-electron chi connectivity index (χ1n) is 10.3. The fourth-order valence-corrected chi connectivity index (χ4v) is 4.13. The quantitative estimate of drug-likeness (QED) is 0.821. The lowest BCUT2D eigenvalue weighted by Gasteiger charge is -2.28. The zero-order valence-electron chi connectivity index (χ0n) is 17.2. The van der Waals surface area contributed by atoms with Crippen LogP contribution < -0.4 is 5.32 Å². The second-order valence-corrected chi connectivity index (χ2v) is 8.42. The number of carbonyl (C=O) groups is 2. The molecule has 4 rings (SSSR count). The number of hydrogen-bond donors (Lipinski definition) is 1. The van der Waals surface area contributed by atoms with Crippen molar-refractivity contribution in [2.24, 2.45) is 5.92 Å². The van der Waals surface area contributed by atoms with E-state index in [0.717, 1.165) is 54.6 Å². The average molecular weight is 383 g/mol. The molecule has 1 N–H and O–H groups in total. The maximum atomic E-state index is 13.6. The standard InChI is InChI=1S/C21H29N5O2/c1-12(2)26-19-18(14(4)24-26)17(10-13(3)23-19)21(28)25(16-7-8-16)20(27)15-6-5-9-22-11-15/h10,12,15-16,22H,5-9,11H2,1-4H3. The maximum absolute atomic E-state index is 13.6. The Balaban J connectivity index is 1.77. The third-order valence-corrected chi connectivity index (χ3v) is 5.70. The number of imide groups is 1. The Labute approximate surface area is 165 Å². The Morgan fingerprint density at radius 3 is 2.61 bits per heavy atom. The van der Waals surface area contributed by atoms with Crippen molar-refractivity contribution in [3.8, 4) is 0 Å². The van der Waals surface area contributed by atoms with E-state index in [-0.39, 0.29) is 29.8 Å². The summed E-state index contributed by atoms with van der Waals surface area (Å²) in [6, 6.07) is 1.99. The van der Waals surface area contributed by atoms with Crippen LogP contribution in [0.5, 0.6) is 0 Å². The fraction of sp³-hybridized carbons (Fsp3) is 0.619. The van der Waals surface area contributed by atoms with Crippen molar-refractivity contribution in [1.82, 2.24) is 25.0 Å². The van der Waals surface area contributed by atoms with Crippen molar-refractivity contribution in [3.63, 3.8) is 0 Å². The topological polar surface area (TPSA) is 80.1 Å². The molecule has 0 radical (unpaired) electrons. The van der Waals surface area contributed by atoms with E-state index in [1.54, 1.807) is 0 Å². The second kappa shape index (κ2) is 7.28. The lowest BCUT2D eigenvalue weighted by Crippen LogP contribution is -2.46. The Bertz CT molecular complexity index is 923. The monoisotopic (exact) mass is 383 g/mol. The molecule has 28 heavy (non-hydrogen) atoms. The number of carbonyl (C=O) groups excluding carboxylic acids is 2. The zero-order chi connectivity index (χ0) is 20.0. The van der Waals surface area contributed by atoms with Gasteiger partial charge in [-0.15, -0.1) is 0 Å². The Morgan fingerprint density at radius 1 is 1.25 bits per heavy atom. The van der Waals surface area contributed by atoms with E-state index in [0.29, 0.717) is 12.1 Å². The minimum atomic E-state index is -0.194. The van der Waals surface area contributed by atoms with E-state index in [2.05, 4.69) is 15.4 Å². The summed E-state index contributed by atoms with van der Waals surface area (Å²) in [6.07, 6.45) is 3.61. The van der Waals surface area contributed by atoms with Gasteiger partial charge in [-0.2, -0.15) is 5.10 Å². The molecule has 1 unspecified atom stereocenters. The minimum absolute atomic E-state index is 0.0313. The Hall–Kier alpha value is -2.28. The summed E-state index contributed by atoms with van der Waals surface area (Å²) >= 11 is 0. The highest BCUT2D eigenvalue weighted by atomic mass is 16.2. The van der Waals surface area contributed by atoms with Crippen LogP contribution in [0.4, 0.5) is 0 Å². The van der Waals surface area contributed by atoms with Crippen molar-refractivity contribution in [3.05, 3.63) is 23.0 Å². The molecule has 7 nitrogen and oxygen atoms in total. The average Bonchev–Trinajstić information content (AvgIpc) is 3.45. The summed E-state index contributed by atoms with van der Waals surface area (Å²) in [6.45, 7) is 9.49. The summed E-state index contributed by atoms with van der Waals surface area (Å²) in [7, 11) is 0. The lowest BCUT2D eigenvalue weighted by atomic mass is 9.97. The van der Waals surface area contributed by atoms with Crippen LogP contribution in [-0.2, 0) is 4.79 Å². The van der Waals surface area contributed by atoms with Gasteiger partial charge in [0, 0.05) is 24.3 Å². The number of fused-ring (bicyclic) bond motifs is 1. The Morgan fingerprint density at radius 2 is 2.00 bits per heavy atom. The molecule has 1 aliphatic heterocycles. The Kier molecular flexibility index (Phi) is 4.95. The third kappa shape index (κ3) is 3.32. The molecule has 2 aliphatic rings. The number of nitrogens with one attached hydrogen (secondary N) is 1. The normalized spacial score (nSPS) is 20.0. The third-order valence-electron chi connectivity index (χ3n) is 5.70. The predicted octanol–water partition coefficient (Wildman–Crippen LogP) is 2.76. The van der Waals surface area contributed by atoms with Crippen LogP contribution in [0.15, 0.2) is 6.07 Å². The van der Waals surface area contributed by atoms with Crippen LogP contribution in [0.3, 0.4) is 0 Å². The van der Waals surface area contributed by atoms with E-state index < -0.39 is 0 Å². The number of aryl methyl sites for hydroxylation is 2. The van der Waals surface area contributed by atoms with Gasteiger partial charge in [0.05, 0.1) is 22.6 Å². The van der Waals surface area contributed by atoms with Gasteiger partial charge in [0.2, 0.25) is 5.91 Å². The first-order valence-corrected chi connectivity index (χ1v) is 10.3. The van der Waals surface area contributed by atoms with E-state index in [1.807, 2.05) is 38.4 Å². The van der Waals surface area contributed by atoms with Gasteiger partial charge in [-0.1, -0.05) is 0 Å². The van der Waals surface area contributed by atoms with Crippen LogP contribution in [0.25, 0.3) is 11.0 Å². The van der Waals surface area contributed by atoms with Gasteiger partial charge in [0.15, 0.2) is 5.65 Å². The van der Waals surface area contributed by atoms with E-state index in [4.69, 9.17) is 0 Å². The molecule has 150 valence electrons. The highest BCUT2D eigenvalue weighted by Crippen LogP contribution is 2.33. The van der Waals surface area contributed by atoms with Crippen molar-refractivity contribution in [2.75, 3.05) is 13.1 Å². The van der Waals surface area contributed by atoms with Crippen LogP contribution in [0, 0.1) is 19.8 Å². The molecule has 0 aromatic carbocycles. The molecular weight excluding hydrogens is 354 g/mol. The van der Waals surface area contributed by atoms with E-state index >= 15 is 0 Å². The van der Waals surface area contributed by atoms with Crippen molar-refractivity contribution in [2.45, 2.75) is 65.5 Å². The molecule has 1 atom stereocenters. The number of aromatic nitrogens is 3. The van der Waals surface area contributed by atoms with Crippen molar-refractivity contribution >= 4 is 22.8 Å². The number of pyridine rings is 1. The predicted molar refractivity (Wildman–Crippen MR) is 107 cm³/mol. The summed E-state index contributed by atoms with van der Waals surface area (Å²) in [5.74, 6) is -0.340. The van der Waals surface area contributed by atoms with Crippen LogP contribution in [-0.4, -0.2) is 50.6 Å².